The molecule has 0 saturated heterocycles. The second-order valence-electron chi connectivity index (χ2n) is 5.05. The van der Waals surface area contributed by atoms with Crippen LogP contribution in [0.4, 0.5) is 4.79 Å². The van der Waals surface area contributed by atoms with E-state index in [4.69, 9.17) is 5.11 Å². The maximum atomic E-state index is 11.7. The Balaban J connectivity index is 2.39. The highest BCUT2D eigenvalue weighted by Crippen LogP contribution is 2.27. The molecule has 0 heterocycles. The van der Waals surface area contributed by atoms with Gasteiger partial charge in [-0.25, -0.2) is 9.59 Å². The molecule has 18 heavy (non-hydrogen) atoms. The SMILES string of the molecule is CSC1CCC(NC(=O)NC(C(=O)O)C(C)C)C1. The summed E-state index contributed by atoms with van der Waals surface area (Å²) >= 11 is 1.82. The zero-order valence-electron chi connectivity index (χ0n) is 11.1. The summed E-state index contributed by atoms with van der Waals surface area (Å²) in [5, 5.41) is 15.0. The number of hydrogen-bond donors (Lipinski definition) is 3. The van der Waals surface area contributed by atoms with Crippen molar-refractivity contribution < 1.29 is 14.7 Å². The molecule has 1 saturated carbocycles. The molecule has 3 N–H and O–H groups in total. The number of thioether (sulfide) groups is 1. The van der Waals surface area contributed by atoms with Crippen LogP contribution in [0.15, 0.2) is 0 Å². The summed E-state index contributed by atoms with van der Waals surface area (Å²) in [7, 11) is 0. The molecule has 0 radical (unpaired) electrons. The number of carbonyl (C=O) groups excluding carboxylic acids is 1. The number of rotatable bonds is 5. The summed E-state index contributed by atoms with van der Waals surface area (Å²) in [5.41, 5.74) is 0. The lowest BCUT2D eigenvalue weighted by molar-refractivity contribution is -0.140. The molecule has 0 aromatic rings. The van der Waals surface area contributed by atoms with Gasteiger partial charge < -0.3 is 15.7 Å². The molecule has 0 aliphatic heterocycles. The lowest BCUT2D eigenvalue weighted by Gasteiger charge is -2.20. The Hall–Kier alpha value is -0.910. The topological polar surface area (TPSA) is 78.4 Å². The van der Waals surface area contributed by atoms with Crippen LogP contribution in [0.1, 0.15) is 33.1 Å². The fourth-order valence-corrected chi connectivity index (χ4v) is 2.96. The van der Waals surface area contributed by atoms with Crippen LogP contribution in [0.3, 0.4) is 0 Å². The van der Waals surface area contributed by atoms with Gasteiger partial charge in [0.05, 0.1) is 0 Å². The van der Waals surface area contributed by atoms with Gasteiger partial charge in [-0.15, -0.1) is 0 Å². The van der Waals surface area contributed by atoms with Crippen LogP contribution >= 0.6 is 11.8 Å². The zero-order valence-corrected chi connectivity index (χ0v) is 11.9. The van der Waals surface area contributed by atoms with E-state index in [-0.39, 0.29) is 18.0 Å². The third-order valence-corrected chi connectivity index (χ3v) is 4.37. The molecule has 1 aliphatic rings. The van der Waals surface area contributed by atoms with Gasteiger partial charge in [-0.3, -0.25) is 0 Å². The van der Waals surface area contributed by atoms with E-state index in [1.807, 2.05) is 11.8 Å². The van der Waals surface area contributed by atoms with Crippen LogP contribution in [0.5, 0.6) is 0 Å². The Labute approximate surface area is 112 Å². The molecule has 104 valence electrons. The number of aliphatic carboxylic acids is 1. The van der Waals surface area contributed by atoms with E-state index in [9.17, 15) is 9.59 Å². The van der Waals surface area contributed by atoms with Gasteiger partial charge in [-0.2, -0.15) is 11.8 Å². The molecule has 0 spiro atoms. The lowest BCUT2D eigenvalue weighted by atomic mass is 10.1. The number of nitrogens with one attached hydrogen (secondary N) is 2. The van der Waals surface area contributed by atoms with E-state index in [1.165, 1.54) is 0 Å². The van der Waals surface area contributed by atoms with Gasteiger partial charge in [-0.05, 0) is 31.4 Å². The first-order chi connectivity index (χ1) is 8.43. The number of carbonyl (C=O) groups is 2. The summed E-state index contributed by atoms with van der Waals surface area (Å²) in [6.45, 7) is 3.55. The molecule has 3 unspecified atom stereocenters. The molecule has 1 fully saturated rings. The highest BCUT2D eigenvalue weighted by Gasteiger charge is 2.28. The summed E-state index contributed by atoms with van der Waals surface area (Å²) in [6, 6.07) is -1.03. The van der Waals surface area contributed by atoms with E-state index < -0.39 is 12.0 Å². The highest BCUT2D eigenvalue weighted by molar-refractivity contribution is 7.99. The fourth-order valence-electron chi connectivity index (χ4n) is 2.17. The maximum Gasteiger partial charge on any atom is 0.326 e. The van der Waals surface area contributed by atoms with Gasteiger partial charge in [0.1, 0.15) is 6.04 Å². The molecule has 2 amide bonds. The number of amides is 2. The van der Waals surface area contributed by atoms with E-state index in [0.717, 1.165) is 19.3 Å². The van der Waals surface area contributed by atoms with Crippen LogP contribution in [-0.2, 0) is 4.79 Å². The van der Waals surface area contributed by atoms with E-state index in [2.05, 4.69) is 16.9 Å². The van der Waals surface area contributed by atoms with E-state index in [1.54, 1.807) is 13.8 Å². The van der Waals surface area contributed by atoms with Crippen molar-refractivity contribution in [2.75, 3.05) is 6.26 Å². The van der Waals surface area contributed by atoms with Gasteiger partial charge in [-0.1, -0.05) is 13.8 Å². The molecule has 0 aromatic carbocycles. The Bertz CT molecular complexity index is 310. The molecule has 6 heteroatoms. The number of carboxylic acids is 1. The van der Waals surface area contributed by atoms with Crippen molar-refractivity contribution in [3.05, 3.63) is 0 Å². The largest absolute Gasteiger partial charge is 0.480 e. The Morgan fingerprint density at radius 2 is 2.00 bits per heavy atom. The van der Waals surface area contributed by atoms with Gasteiger partial charge in [0, 0.05) is 11.3 Å². The molecule has 5 nitrogen and oxygen atoms in total. The minimum atomic E-state index is -0.992. The Morgan fingerprint density at radius 1 is 1.33 bits per heavy atom. The lowest BCUT2D eigenvalue weighted by Crippen LogP contribution is -2.50. The zero-order chi connectivity index (χ0) is 13.7. The fraction of sp³-hybridized carbons (Fsp3) is 0.833. The number of urea groups is 1. The minimum Gasteiger partial charge on any atom is -0.480 e. The van der Waals surface area contributed by atoms with Gasteiger partial charge in [0.25, 0.3) is 0 Å². The van der Waals surface area contributed by atoms with Gasteiger partial charge in [0.2, 0.25) is 0 Å². The van der Waals surface area contributed by atoms with Crippen LogP contribution in [0.25, 0.3) is 0 Å². The van der Waals surface area contributed by atoms with Crippen molar-refractivity contribution >= 4 is 23.8 Å². The monoisotopic (exact) mass is 274 g/mol. The molecule has 1 aliphatic carbocycles. The van der Waals surface area contributed by atoms with Crippen LogP contribution in [0.2, 0.25) is 0 Å². The smallest absolute Gasteiger partial charge is 0.326 e. The third kappa shape index (κ3) is 4.40. The van der Waals surface area contributed by atoms with Crippen molar-refractivity contribution in [3.8, 4) is 0 Å². The van der Waals surface area contributed by atoms with Crippen molar-refractivity contribution in [1.82, 2.24) is 10.6 Å². The predicted octanol–water partition coefficient (Wildman–Crippen LogP) is 1.68. The molecule has 0 bridgehead atoms. The summed E-state index contributed by atoms with van der Waals surface area (Å²) in [5.74, 6) is -1.12. The molecule has 0 aromatic heterocycles. The molecular weight excluding hydrogens is 252 g/mol. The first kappa shape index (κ1) is 15.1. The second kappa shape index (κ2) is 6.87. The van der Waals surface area contributed by atoms with Crippen molar-refractivity contribution in [2.24, 2.45) is 5.92 Å². The molecule has 3 atom stereocenters. The highest BCUT2D eigenvalue weighted by atomic mass is 32.2. The Kier molecular flexibility index (Phi) is 5.78. The predicted molar refractivity (Wildman–Crippen MR) is 72.9 cm³/mol. The van der Waals surface area contributed by atoms with Crippen LogP contribution < -0.4 is 10.6 Å². The second-order valence-corrected chi connectivity index (χ2v) is 6.18. The summed E-state index contributed by atoms with van der Waals surface area (Å²) in [4.78, 5) is 22.7. The van der Waals surface area contributed by atoms with E-state index >= 15 is 0 Å². The normalized spacial score (nSPS) is 24.9. The minimum absolute atomic E-state index is 0.129. The van der Waals surface area contributed by atoms with Gasteiger partial charge in [0.15, 0.2) is 0 Å². The molecule has 1 rings (SSSR count). The van der Waals surface area contributed by atoms with Crippen molar-refractivity contribution in [1.29, 1.82) is 0 Å². The average molecular weight is 274 g/mol. The quantitative estimate of drug-likeness (QED) is 0.712. The average Bonchev–Trinajstić information content (AvgIpc) is 2.72. The molecular formula is C12H22N2O3S. The first-order valence-electron chi connectivity index (χ1n) is 6.26. The number of hydrogen-bond acceptors (Lipinski definition) is 3. The Morgan fingerprint density at radius 3 is 2.44 bits per heavy atom. The van der Waals surface area contributed by atoms with Crippen molar-refractivity contribution in [3.63, 3.8) is 0 Å². The van der Waals surface area contributed by atoms with Crippen LogP contribution in [0, 0.1) is 5.92 Å². The third-order valence-electron chi connectivity index (χ3n) is 3.27. The summed E-state index contributed by atoms with van der Waals surface area (Å²) in [6.07, 6.45) is 5.12. The van der Waals surface area contributed by atoms with Crippen molar-refractivity contribution in [2.45, 2.75) is 50.4 Å². The first-order valence-corrected chi connectivity index (χ1v) is 7.55. The number of carboxylic acid groups (broad SMARTS) is 1. The van der Waals surface area contributed by atoms with Crippen LogP contribution in [-0.4, -0.2) is 40.7 Å². The maximum absolute atomic E-state index is 11.7. The summed E-state index contributed by atoms with van der Waals surface area (Å²) < 4.78 is 0. The van der Waals surface area contributed by atoms with E-state index in [0.29, 0.717) is 5.25 Å². The standard InChI is InChI=1S/C12H22N2O3S/c1-7(2)10(11(15)16)14-12(17)13-8-4-5-9(6-8)18-3/h7-10H,4-6H2,1-3H3,(H,15,16)(H2,13,14,17). The van der Waals surface area contributed by atoms with Gasteiger partial charge >= 0.3 is 12.0 Å².